The highest BCUT2D eigenvalue weighted by atomic mass is 15.2. The highest BCUT2D eigenvalue weighted by molar-refractivity contribution is 4.92. The zero-order valence-corrected chi connectivity index (χ0v) is 24.0. The molecule has 0 amide bonds. The van der Waals surface area contributed by atoms with Crippen LogP contribution in [0.15, 0.2) is 0 Å². The standard InChI is InChI=1S/C31H65N/c1-8-11-14-15-16-17-18-19-20-21-22-23-24-25-26-29-32(30(4,5)27-12-9-2)31(6,7)28-13-10-3/h8-29H2,1-7H3. The molecular formula is C31H65N. The highest BCUT2D eigenvalue weighted by Gasteiger charge is 2.36. The average molecular weight is 452 g/mol. The molecule has 0 rings (SSSR count). The van der Waals surface area contributed by atoms with Crippen molar-refractivity contribution in [3.05, 3.63) is 0 Å². The number of hydrogen-bond donors (Lipinski definition) is 0. The van der Waals surface area contributed by atoms with Gasteiger partial charge < -0.3 is 0 Å². The molecule has 0 aliphatic rings. The summed E-state index contributed by atoms with van der Waals surface area (Å²) in [6.07, 6.45) is 29.7. The molecule has 194 valence electrons. The van der Waals surface area contributed by atoms with Gasteiger partial charge in [-0.05, 0) is 53.5 Å². The van der Waals surface area contributed by atoms with E-state index in [0.29, 0.717) is 11.1 Å². The smallest absolute Gasteiger partial charge is 0.0158 e. The summed E-state index contributed by atoms with van der Waals surface area (Å²) in [5.74, 6) is 0. The van der Waals surface area contributed by atoms with Gasteiger partial charge in [-0.3, -0.25) is 4.90 Å². The zero-order valence-electron chi connectivity index (χ0n) is 24.0. The van der Waals surface area contributed by atoms with Gasteiger partial charge in [-0.15, -0.1) is 0 Å². The predicted octanol–water partition coefficient (Wildman–Crippen LogP) is 11.1. The van der Waals surface area contributed by atoms with Crippen molar-refractivity contribution in [2.24, 2.45) is 0 Å². The van der Waals surface area contributed by atoms with Crippen LogP contribution in [-0.4, -0.2) is 22.5 Å². The summed E-state index contributed by atoms with van der Waals surface area (Å²) in [7, 11) is 0. The van der Waals surface area contributed by atoms with Gasteiger partial charge >= 0.3 is 0 Å². The van der Waals surface area contributed by atoms with Crippen molar-refractivity contribution < 1.29 is 0 Å². The Hall–Kier alpha value is -0.0400. The largest absolute Gasteiger partial charge is 0.293 e. The molecule has 0 N–H and O–H groups in total. The van der Waals surface area contributed by atoms with Crippen molar-refractivity contribution in [1.82, 2.24) is 4.90 Å². The van der Waals surface area contributed by atoms with Crippen LogP contribution in [0.4, 0.5) is 0 Å². The lowest BCUT2D eigenvalue weighted by molar-refractivity contribution is 0.00199. The first kappa shape index (κ1) is 32.0. The minimum Gasteiger partial charge on any atom is -0.293 e. The second kappa shape index (κ2) is 20.3. The number of rotatable bonds is 24. The fourth-order valence-electron chi connectivity index (χ4n) is 5.55. The van der Waals surface area contributed by atoms with Crippen LogP contribution in [0.3, 0.4) is 0 Å². The van der Waals surface area contributed by atoms with Gasteiger partial charge in [0.1, 0.15) is 0 Å². The molecule has 0 fully saturated rings. The van der Waals surface area contributed by atoms with Crippen molar-refractivity contribution in [1.29, 1.82) is 0 Å². The van der Waals surface area contributed by atoms with Crippen LogP contribution in [0.25, 0.3) is 0 Å². The van der Waals surface area contributed by atoms with Crippen molar-refractivity contribution >= 4 is 0 Å². The number of hydrogen-bond acceptors (Lipinski definition) is 1. The Labute approximate surface area is 205 Å². The Kier molecular flexibility index (Phi) is 20.3. The summed E-state index contributed by atoms with van der Waals surface area (Å²) in [4.78, 5) is 2.88. The van der Waals surface area contributed by atoms with Crippen LogP contribution >= 0.6 is 0 Å². The van der Waals surface area contributed by atoms with E-state index in [1.807, 2.05) is 0 Å². The van der Waals surface area contributed by atoms with E-state index in [0.717, 1.165) is 0 Å². The molecule has 0 bridgehead atoms. The monoisotopic (exact) mass is 452 g/mol. The second-order valence-corrected chi connectivity index (χ2v) is 11.9. The van der Waals surface area contributed by atoms with E-state index < -0.39 is 0 Å². The maximum absolute atomic E-state index is 2.88. The van der Waals surface area contributed by atoms with Gasteiger partial charge in [0.2, 0.25) is 0 Å². The molecular weight excluding hydrogens is 386 g/mol. The quantitative estimate of drug-likeness (QED) is 0.132. The molecule has 0 aromatic rings. The Bertz CT molecular complexity index is 364. The van der Waals surface area contributed by atoms with Gasteiger partial charge in [0.15, 0.2) is 0 Å². The minimum absolute atomic E-state index is 0.323. The van der Waals surface area contributed by atoms with Crippen LogP contribution in [-0.2, 0) is 0 Å². The van der Waals surface area contributed by atoms with Crippen LogP contribution in [0.5, 0.6) is 0 Å². The Morgan fingerprint density at radius 3 is 0.969 bits per heavy atom. The second-order valence-electron chi connectivity index (χ2n) is 11.9. The van der Waals surface area contributed by atoms with E-state index in [4.69, 9.17) is 0 Å². The summed E-state index contributed by atoms with van der Waals surface area (Å²) < 4.78 is 0. The number of unbranched alkanes of at least 4 members (excludes halogenated alkanes) is 16. The van der Waals surface area contributed by atoms with Crippen LogP contribution in [0.2, 0.25) is 0 Å². The lowest BCUT2D eigenvalue weighted by Crippen LogP contribution is -2.55. The Balaban J connectivity index is 3.98. The maximum Gasteiger partial charge on any atom is 0.0158 e. The van der Waals surface area contributed by atoms with Gasteiger partial charge in [-0.2, -0.15) is 0 Å². The summed E-state index contributed by atoms with van der Waals surface area (Å²) >= 11 is 0. The van der Waals surface area contributed by atoms with Crippen molar-refractivity contribution in [3.63, 3.8) is 0 Å². The number of nitrogens with zero attached hydrogens (tertiary/aromatic N) is 1. The van der Waals surface area contributed by atoms with Gasteiger partial charge in [0, 0.05) is 11.1 Å². The predicted molar refractivity (Wildman–Crippen MR) is 149 cm³/mol. The maximum atomic E-state index is 2.88. The van der Waals surface area contributed by atoms with Crippen LogP contribution in [0.1, 0.15) is 183 Å². The minimum atomic E-state index is 0.323. The SMILES string of the molecule is CCCCCCCCCCCCCCCCCN(C(C)(C)CCCC)C(C)(C)CCCC. The lowest BCUT2D eigenvalue weighted by atomic mass is 9.85. The molecule has 1 heteroatoms. The van der Waals surface area contributed by atoms with Gasteiger partial charge in [0.05, 0.1) is 0 Å². The first-order chi connectivity index (χ1) is 15.3. The molecule has 0 spiro atoms. The topological polar surface area (TPSA) is 3.24 Å². The van der Waals surface area contributed by atoms with E-state index in [2.05, 4.69) is 53.4 Å². The zero-order chi connectivity index (χ0) is 24.1. The highest BCUT2D eigenvalue weighted by Crippen LogP contribution is 2.33. The molecule has 0 saturated carbocycles. The summed E-state index contributed by atoms with van der Waals surface area (Å²) in [6, 6.07) is 0. The summed E-state index contributed by atoms with van der Waals surface area (Å²) in [6.45, 7) is 18.3. The Morgan fingerprint density at radius 1 is 0.375 bits per heavy atom. The molecule has 32 heavy (non-hydrogen) atoms. The first-order valence-corrected chi connectivity index (χ1v) is 15.1. The van der Waals surface area contributed by atoms with E-state index in [9.17, 15) is 0 Å². The molecule has 0 aromatic heterocycles. The third kappa shape index (κ3) is 16.6. The average Bonchev–Trinajstić information content (AvgIpc) is 2.75. The van der Waals surface area contributed by atoms with Crippen molar-refractivity contribution in [2.45, 2.75) is 194 Å². The van der Waals surface area contributed by atoms with E-state index in [1.165, 1.54) is 141 Å². The lowest BCUT2D eigenvalue weighted by Gasteiger charge is -2.49. The molecule has 1 nitrogen and oxygen atoms in total. The van der Waals surface area contributed by atoms with Gasteiger partial charge in [-0.25, -0.2) is 0 Å². The van der Waals surface area contributed by atoms with Crippen molar-refractivity contribution in [3.8, 4) is 0 Å². The van der Waals surface area contributed by atoms with Gasteiger partial charge in [0.25, 0.3) is 0 Å². The summed E-state index contributed by atoms with van der Waals surface area (Å²) in [5.41, 5.74) is 0.645. The van der Waals surface area contributed by atoms with Crippen molar-refractivity contribution in [2.75, 3.05) is 6.54 Å². The normalized spacial score (nSPS) is 12.8. The van der Waals surface area contributed by atoms with Gasteiger partial charge in [-0.1, -0.05) is 136 Å². The first-order valence-electron chi connectivity index (χ1n) is 15.1. The molecule has 0 radical (unpaired) electrons. The Morgan fingerprint density at radius 2 is 0.656 bits per heavy atom. The fourth-order valence-corrected chi connectivity index (χ4v) is 5.55. The molecule has 0 aromatic carbocycles. The molecule has 0 unspecified atom stereocenters. The van der Waals surface area contributed by atoms with Crippen LogP contribution < -0.4 is 0 Å². The summed E-state index contributed by atoms with van der Waals surface area (Å²) in [5, 5.41) is 0. The van der Waals surface area contributed by atoms with Crippen LogP contribution in [0, 0.1) is 0 Å². The molecule has 0 saturated heterocycles. The molecule has 0 aliphatic carbocycles. The van der Waals surface area contributed by atoms with E-state index in [-0.39, 0.29) is 0 Å². The molecule has 0 aliphatic heterocycles. The third-order valence-corrected chi connectivity index (χ3v) is 7.73. The third-order valence-electron chi connectivity index (χ3n) is 7.73. The van der Waals surface area contributed by atoms with E-state index >= 15 is 0 Å². The fraction of sp³-hybridized carbons (Fsp3) is 1.00. The van der Waals surface area contributed by atoms with E-state index in [1.54, 1.807) is 0 Å². The molecule has 0 atom stereocenters. The molecule has 0 heterocycles.